The number of hydrogen-bond acceptors (Lipinski definition) is 6. The van der Waals surface area contributed by atoms with Crippen LogP contribution in [0, 0.1) is 12.8 Å². The van der Waals surface area contributed by atoms with Gasteiger partial charge in [-0.05, 0) is 69.1 Å². The van der Waals surface area contributed by atoms with E-state index >= 15 is 0 Å². The van der Waals surface area contributed by atoms with Crippen LogP contribution in [0.5, 0.6) is 0 Å². The maximum atomic E-state index is 13.1. The largest absolute Gasteiger partial charge is 0.393 e. The number of hydrogen-bond donors (Lipinski definition) is 3. The van der Waals surface area contributed by atoms with Gasteiger partial charge in [-0.25, -0.2) is 18.1 Å². The normalized spacial score (nSPS) is 21.9. The summed E-state index contributed by atoms with van der Waals surface area (Å²) in [5.74, 6) is 0.429. The number of rotatable bonds is 7. The topological polar surface area (TPSA) is 108 Å². The third kappa shape index (κ3) is 6.14. The van der Waals surface area contributed by atoms with Crippen molar-refractivity contribution in [2.45, 2.75) is 81.8 Å². The van der Waals surface area contributed by atoms with Crippen molar-refractivity contribution in [1.82, 2.24) is 9.71 Å². The van der Waals surface area contributed by atoms with E-state index in [0.29, 0.717) is 48.7 Å². The predicted octanol–water partition coefficient (Wildman–Crippen LogP) is 4.87. The highest BCUT2D eigenvalue weighted by atomic mass is 35.5. The van der Waals surface area contributed by atoms with Gasteiger partial charge in [0, 0.05) is 12.5 Å². The lowest BCUT2D eigenvalue weighted by molar-refractivity contribution is -0.117. The fourth-order valence-corrected chi connectivity index (χ4v) is 7.50. The van der Waals surface area contributed by atoms with Gasteiger partial charge in [0.2, 0.25) is 15.9 Å². The van der Waals surface area contributed by atoms with Crippen molar-refractivity contribution in [1.29, 1.82) is 0 Å². The van der Waals surface area contributed by atoms with Gasteiger partial charge in [-0.3, -0.25) is 4.79 Å². The highest BCUT2D eigenvalue weighted by Crippen LogP contribution is 2.36. The van der Waals surface area contributed by atoms with Gasteiger partial charge in [-0.2, -0.15) is 0 Å². The summed E-state index contributed by atoms with van der Waals surface area (Å²) in [5, 5.41) is 13.2. The third-order valence-corrected chi connectivity index (χ3v) is 9.62. The molecule has 1 amide bonds. The lowest BCUT2D eigenvalue weighted by atomic mass is 9.94. The van der Waals surface area contributed by atoms with Gasteiger partial charge < -0.3 is 10.4 Å². The van der Waals surface area contributed by atoms with Gasteiger partial charge in [0.1, 0.15) is 4.90 Å². The zero-order chi connectivity index (χ0) is 23.6. The molecule has 0 radical (unpaired) electrons. The molecule has 0 unspecified atom stereocenters. The van der Waals surface area contributed by atoms with E-state index in [2.05, 4.69) is 15.0 Å². The Morgan fingerprint density at radius 1 is 1.18 bits per heavy atom. The molecule has 0 spiro atoms. The van der Waals surface area contributed by atoms with E-state index in [1.54, 1.807) is 18.2 Å². The van der Waals surface area contributed by atoms with Crippen molar-refractivity contribution in [3.05, 3.63) is 28.9 Å². The second-order valence-corrected chi connectivity index (χ2v) is 12.2. The Kier molecular flexibility index (Phi) is 7.75. The molecule has 0 atom stereocenters. The van der Waals surface area contributed by atoms with Gasteiger partial charge in [0.15, 0.2) is 5.13 Å². The Morgan fingerprint density at radius 3 is 2.58 bits per heavy atom. The molecular weight excluding hydrogens is 482 g/mol. The molecule has 2 aliphatic rings. The SMILES string of the molecule is Cc1nc(NC(=O)CC2CCCC2)sc1-c1ccc(Cl)c(S(=O)(=O)NC2CCC(O)CC2)c1. The second kappa shape index (κ2) is 10.4. The molecule has 0 aliphatic heterocycles. The minimum atomic E-state index is -3.83. The molecule has 1 aromatic heterocycles. The molecule has 1 aromatic carbocycles. The summed E-state index contributed by atoms with van der Waals surface area (Å²) in [6.07, 6.45) is 7.09. The summed E-state index contributed by atoms with van der Waals surface area (Å²) >= 11 is 7.61. The molecular formula is C23H30ClN3O4S2. The van der Waals surface area contributed by atoms with Gasteiger partial charge in [-0.15, -0.1) is 0 Å². The Morgan fingerprint density at radius 2 is 1.88 bits per heavy atom. The van der Waals surface area contributed by atoms with Crippen molar-refractivity contribution in [2.24, 2.45) is 5.92 Å². The first-order valence-corrected chi connectivity index (χ1v) is 14.2. The molecule has 10 heteroatoms. The first-order valence-electron chi connectivity index (χ1n) is 11.5. The summed E-state index contributed by atoms with van der Waals surface area (Å²) in [5.41, 5.74) is 1.40. The first-order chi connectivity index (χ1) is 15.7. The van der Waals surface area contributed by atoms with Gasteiger partial charge >= 0.3 is 0 Å². The number of anilines is 1. The molecule has 2 aromatic rings. The van der Waals surface area contributed by atoms with Crippen molar-refractivity contribution < 1.29 is 18.3 Å². The second-order valence-electron chi connectivity index (χ2n) is 9.11. The standard InChI is InChI=1S/C23H30ClN3O4S2/c1-14-22(32-23(25-14)26-21(29)12-15-4-2-3-5-15)16-6-11-19(24)20(13-16)33(30,31)27-17-7-9-18(28)10-8-17/h6,11,13,15,17-18,27-28H,2-5,7-10,12H2,1H3,(H,25,26,29). The fourth-order valence-electron chi connectivity index (χ4n) is 4.69. The van der Waals surface area contributed by atoms with Crippen LogP contribution in [-0.4, -0.2) is 36.6 Å². The van der Waals surface area contributed by atoms with Crippen molar-refractivity contribution in [3.63, 3.8) is 0 Å². The average Bonchev–Trinajstić information content (AvgIpc) is 3.39. The third-order valence-electron chi connectivity index (χ3n) is 6.49. The quantitative estimate of drug-likeness (QED) is 0.491. The number of carbonyl (C=O) groups is 1. The van der Waals surface area contributed by atoms with Crippen molar-refractivity contribution >= 4 is 44.0 Å². The van der Waals surface area contributed by atoms with Crippen LogP contribution in [0.4, 0.5) is 5.13 Å². The van der Waals surface area contributed by atoms with E-state index in [-0.39, 0.29) is 28.0 Å². The highest BCUT2D eigenvalue weighted by molar-refractivity contribution is 7.89. The van der Waals surface area contributed by atoms with Crippen LogP contribution in [0.3, 0.4) is 0 Å². The number of sulfonamides is 1. The molecule has 0 bridgehead atoms. The monoisotopic (exact) mass is 511 g/mol. The number of aryl methyl sites for hydroxylation is 1. The van der Waals surface area contributed by atoms with Crippen LogP contribution in [0.1, 0.15) is 63.5 Å². The van der Waals surface area contributed by atoms with E-state index in [0.717, 1.165) is 23.4 Å². The number of thiazole rings is 1. The number of amides is 1. The predicted molar refractivity (Wildman–Crippen MR) is 131 cm³/mol. The summed E-state index contributed by atoms with van der Waals surface area (Å²) in [7, 11) is -3.83. The van der Waals surface area contributed by atoms with E-state index in [9.17, 15) is 18.3 Å². The lowest BCUT2D eigenvalue weighted by Crippen LogP contribution is -2.38. The molecule has 7 nitrogen and oxygen atoms in total. The Bertz CT molecular complexity index is 1100. The fraction of sp³-hybridized carbons (Fsp3) is 0.565. The summed E-state index contributed by atoms with van der Waals surface area (Å²) < 4.78 is 28.9. The summed E-state index contributed by atoms with van der Waals surface area (Å²) in [6, 6.07) is 4.69. The zero-order valence-electron chi connectivity index (χ0n) is 18.6. The van der Waals surface area contributed by atoms with E-state index in [4.69, 9.17) is 11.6 Å². The summed E-state index contributed by atoms with van der Waals surface area (Å²) in [4.78, 5) is 17.7. The minimum absolute atomic E-state index is 0.0207. The van der Waals surface area contributed by atoms with Crippen LogP contribution < -0.4 is 10.0 Å². The molecule has 2 aliphatic carbocycles. The Hall–Kier alpha value is -1.52. The number of nitrogens with zero attached hydrogens (tertiary/aromatic N) is 1. The number of halogens is 1. The maximum absolute atomic E-state index is 13.1. The van der Waals surface area contributed by atoms with Crippen molar-refractivity contribution in [2.75, 3.05) is 5.32 Å². The molecule has 180 valence electrons. The molecule has 1 heterocycles. The number of aliphatic hydroxyl groups excluding tert-OH is 1. The Labute approximate surface area is 204 Å². The van der Waals surface area contributed by atoms with E-state index < -0.39 is 10.0 Å². The molecule has 0 saturated heterocycles. The molecule has 4 rings (SSSR count). The van der Waals surface area contributed by atoms with E-state index in [1.165, 1.54) is 24.2 Å². The van der Waals surface area contributed by atoms with Crippen LogP contribution in [0.25, 0.3) is 10.4 Å². The van der Waals surface area contributed by atoms with Gasteiger partial charge in [0.05, 0.1) is 21.7 Å². The number of aliphatic hydroxyl groups is 1. The highest BCUT2D eigenvalue weighted by Gasteiger charge is 2.27. The van der Waals surface area contributed by atoms with Gasteiger partial charge in [-0.1, -0.05) is 41.8 Å². The summed E-state index contributed by atoms with van der Waals surface area (Å²) in [6.45, 7) is 1.84. The van der Waals surface area contributed by atoms with E-state index in [1.807, 2.05) is 6.92 Å². The molecule has 33 heavy (non-hydrogen) atoms. The average molecular weight is 512 g/mol. The van der Waals surface area contributed by atoms with Crippen LogP contribution in [0.15, 0.2) is 23.1 Å². The van der Waals surface area contributed by atoms with Crippen LogP contribution in [-0.2, 0) is 14.8 Å². The number of nitrogens with one attached hydrogen (secondary N) is 2. The van der Waals surface area contributed by atoms with Crippen molar-refractivity contribution in [3.8, 4) is 10.4 Å². The maximum Gasteiger partial charge on any atom is 0.242 e. The molecule has 2 saturated carbocycles. The number of aromatic nitrogens is 1. The molecule has 2 fully saturated rings. The van der Waals surface area contributed by atoms with Crippen LogP contribution in [0.2, 0.25) is 5.02 Å². The zero-order valence-corrected chi connectivity index (χ0v) is 21.0. The van der Waals surface area contributed by atoms with Crippen LogP contribution >= 0.6 is 22.9 Å². The first kappa shape index (κ1) is 24.6. The minimum Gasteiger partial charge on any atom is -0.393 e. The van der Waals surface area contributed by atoms with Gasteiger partial charge in [0.25, 0.3) is 0 Å². The molecule has 3 N–H and O–H groups in total. The smallest absolute Gasteiger partial charge is 0.242 e. The Balaban J connectivity index is 1.50. The lowest BCUT2D eigenvalue weighted by Gasteiger charge is -2.26. The number of benzene rings is 1. The number of carbonyl (C=O) groups excluding carboxylic acids is 1.